The van der Waals surface area contributed by atoms with Crippen molar-refractivity contribution in [2.75, 3.05) is 0 Å². The van der Waals surface area contributed by atoms with E-state index in [1.54, 1.807) is 26.0 Å². The number of carbonyl (C=O) groups is 2. The molecule has 1 aromatic carbocycles. The van der Waals surface area contributed by atoms with Gasteiger partial charge >= 0.3 is 11.9 Å². The van der Waals surface area contributed by atoms with E-state index in [2.05, 4.69) is 5.10 Å². The molecule has 2 aromatic rings. The quantitative estimate of drug-likeness (QED) is 0.603. The summed E-state index contributed by atoms with van der Waals surface area (Å²) in [6.45, 7) is 3.46. The molecule has 0 unspecified atom stereocenters. The van der Waals surface area contributed by atoms with Gasteiger partial charge in [-0.05, 0) is 44.2 Å². The Kier molecular flexibility index (Phi) is 5.08. The van der Waals surface area contributed by atoms with Crippen LogP contribution in [0.2, 0.25) is 5.15 Å². The second-order valence-corrected chi connectivity index (χ2v) is 6.28. The Morgan fingerprint density at radius 1 is 1.42 bits per heavy atom. The van der Waals surface area contributed by atoms with Crippen molar-refractivity contribution in [3.8, 4) is 5.69 Å². The molecule has 0 saturated carbocycles. The summed E-state index contributed by atoms with van der Waals surface area (Å²) >= 11 is 6.33. The van der Waals surface area contributed by atoms with Crippen LogP contribution in [0.15, 0.2) is 30.3 Å². The molecule has 0 aliphatic carbocycles. The number of ether oxygens (including phenoxy) is 2. The lowest BCUT2D eigenvalue weighted by molar-refractivity contribution is -0.157. The lowest BCUT2D eigenvalue weighted by Gasteiger charge is -2.05. The third kappa shape index (κ3) is 3.77. The number of hydrogen-bond acceptors (Lipinski definition) is 5. The molecule has 6 nitrogen and oxygen atoms in total. The van der Waals surface area contributed by atoms with Gasteiger partial charge in [0.1, 0.15) is 17.1 Å². The number of halogens is 2. The maximum absolute atomic E-state index is 13.1. The maximum atomic E-state index is 13.1. The van der Waals surface area contributed by atoms with Gasteiger partial charge in [0.15, 0.2) is 0 Å². The van der Waals surface area contributed by atoms with Crippen molar-refractivity contribution in [3.05, 3.63) is 52.6 Å². The minimum Gasteiger partial charge on any atom is -0.460 e. The third-order valence-corrected chi connectivity index (χ3v) is 4.25. The summed E-state index contributed by atoms with van der Waals surface area (Å²) in [5.41, 5.74) is 1.69. The number of cyclic esters (lactones) is 1. The van der Waals surface area contributed by atoms with Gasteiger partial charge in [0.2, 0.25) is 6.10 Å². The molecule has 1 fully saturated rings. The van der Waals surface area contributed by atoms with Crippen LogP contribution < -0.4 is 0 Å². The van der Waals surface area contributed by atoms with Crippen molar-refractivity contribution in [1.29, 1.82) is 0 Å². The molecule has 0 N–H and O–H groups in total. The van der Waals surface area contributed by atoms with Crippen LogP contribution in [-0.4, -0.2) is 33.9 Å². The predicted molar refractivity (Wildman–Crippen MR) is 92.4 cm³/mol. The van der Waals surface area contributed by atoms with Crippen LogP contribution in [0.3, 0.4) is 0 Å². The molecule has 136 valence electrons. The molecule has 0 bridgehead atoms. The van der Waals surface area contributed by atoms with Crippen LogP contribution >= 0.6 is 11.6 Å². The fraction of sp³-hybridized carbons (Fsp3) is 0.278. The number of aromatic nitrogens is 2. The summed E-state index contributed by atoms with van der Waals surface area (Å²) in [7, 11) is 0. The molecule has 1 saturated heterocycles. The molecular formula is C18H16ClFN2O4. The zero-order valence-corrected chi connectivity index (χ0v) is 14.9. The van der Waals surface area contributed by atoms with Crippen molar-refractivity contribution >= 4 is 29.6 Å². The molecule has 3 rings (SSSR count). The first kappa shape index (κ1) is 18.1. The molecule has 1 aliphatic heterocycles. The molecule has 1 aliphatic rings. The Bertz CT molecular complexity index is 876. The van der Waals surface area contributed by atoms with Crippen LogP contribution in [0.5, 0.6) is 0 Å². The lowest BCUT2D eigenvalue weighted by atomic mass is 10.2. The normalized spacial score (nSPS) is 19.8. The SMILES string of the molecule is Cc1nn(-c2ccc(F)cc2)c(Cl)c1/C=C/C(=O)O[C@@H]1C[C@@H](C)OC1=O. The van der Waals surface area contributed by atoms with Crippen LogP contribution in [0.25, 0.3) is 11.8 Å². The topological polar surface area (TPSA) is 70.4 Å². The smallest absolute Gasteiger partial charge is 0.347 e. The van der Waals surface area contributed by atoms with Gasteiger partial charge < -0.3 is 9.47 Å². The van der Waals surface area contributed by atoms with Crippen LogP contribution in [0.1, 0.15) is 24.6 Å². The van der Waals surface area contributed by atoms with Gasteiger partial charge in [-0.1, -0.05) is 11.6 Å². The van der Waals surface area contributed by atoms with E-state index >= 15 is 0 Å². The van der Waals surface area contributed by atoms with Crippen molar-refractivity contribution in [3.63, 3.8) is 0 Å². The molecule has 1 aromatic heterocycles. The highest BCUT2D eigenvalue weighted by atomic mass is 35.5. The predicted octanol–water partition coefficient (Wildman–Crippen LogP) is 3.23. The Balaban J connectivity index is 1.75. The first-order valence-electron chi connectivity index (χ1n) is 7.95. The molecule has 0 spiro atoms. The van der Waals surface area contributed by atoms with E-state index in [4.69, 9.17) is 21.1 Å². The zero-order chi connectivity index (χ0) is 18.8. The summed E-state index contributed by atoms with van der Waals surface area (Å²) in [6.07, 6.45) is 1.83. The number of nitrogens with zero attached hydrogens (tertiary/aromatic N) is 2. The second kappa shape index (κ2) is 7.29. The average Bonchev–Trinajstić information content (AvgIpc) is 3.05. The summed E-state index contributed by atoms with van der Waals surface area (Å²) in [4.78, 5) is 23.4. The van der Waals surface area contributed by atoms with Gasteiger partial charge in [-0.15, -0.1) is 0 Å². The molecule has 2 atom stereocenters. The van der Waals surface area contributed by atoms with E-state index in [1.165, 1.54) is 29.0 Å². The maximum Gasteiger partial charge on any atom is 0.347 e. The number of aryl methyl sites for hydroxylation is 1. The molecule has 8 heteroatoms. The van der Waals surface area contributed by atoms with Crippen molar-refractivity contribution in [1.82, 2.24) is 9.78 Å². The Morgan fingerprint density at radius 2 is 2.12 bits per heavy atom. The lowest BCUT2D eigenvalue weighted by Crippen LogP contribution is -2.21. The van der Waals surface area contributed by atoms with E-state index in [1.807, 2.05) is 0 Å². The Hall–Kier alpha value is -2.67. The van der Waals surface area contributed by atoms with Gasteiger partial charge in [0, 0.05) is 18.1 Å². The Morgan fingerprint density at radius 3 is 2.73 bits per heavy atom. The molecule has 26 heavy (non-hydrogen) atoms. The highest BCUT2D eigenvalue weighted by Crippen LogP contribution is 2.25. The van der Waals surface area contributed by atoms with Gasteiger partial charge in [0.25, 0.3) is 0 Å². The summed E-state index contributed by atoms with van der Waals surface area (Å²) in [5, 5.41) is 4.57. The summed E-state index contributed by atoms with van der Waals surface area (Å²) in [5.74, 6) is -1.58. The zero-order valence-electron chi connectivity index (χ0n) is 14.1. The van der Waals surface area contributed by atoms with Crippen LogP contribution in [0.4, 0.5) is 4.39 Å². The van der Waals surface area contributed by atoms with Crippen LogP contribution in [-0.2, 0) is 19.1 Å². The summed E-state index contributed by atoms with van der Waals surface area (Å²) in [6, 6.07) is 5.69. The molecule has 2 heterocycles. The monoisotopic (exact) mass is 378 g/mol. The van der Waals surface area contributed by atoms with Crippen molar-refractivity contribution in [2.45, 2.75) is 32.5 Å². The average molecular weight is 379 g/mol. The first-order chi connectivity index (χ1) is 12.3. The van der Waals surface area contributed by atoms with Crippen molar-refractivity contribution in [2.24, 2.45) is 0 Å². The van der Waals surface area contributed by atoms with Crippen LogP contribution in [0, 0.1) is 12.7 Å². The van der Waals surface area contributed by atoms with E-state index in [-0.39, 0.29) is 17.1 Å². The first-order valence-corrected chi connectivity index (χ1v) is 8.33. The van der Waals surface area contributed by atoms with Crippen molar-refractivity contribution < 1.29 is 23.5 Å². The molecule has 0 radical (unpaired) electrons. The number of carbonyl (C=O) groups excluding carboxylic acids is 2. The minimum atomic E-state index is -0.888. The number of esters is 2. The van der Waals surface area contributed by atoms with E-state index in [0.29, 0.717) is 23.4 Å². The number of benzene rings is 1. The van der Waals surface area contributed by atoms with Gasteiger partial charge in [-0.2, -0.15) is 5.10 Å². The highest BCUT2D eigenvalue weighted by Gasteiger charge is 2.34. The fourth-order valence-electron chi connectivity index (χ4n) is 2.60. The second-order valence-electron chi connectivity index (χ2n) is 5.92. The third-order valence-electron chi connectivity index (χ3n) is 3.89. The number of hydrogen-bond donors (Lipinski definition) is 0. The fourth-order valence-corrected chi connectivity index (χ4v) is 2.94. The Labute approximate surface area is 154 Å². The molecule has 0 amide bonds. The van der Waals surface area contributed by atoms with Gasteiger partial charge in [0.05, 0.1) is 11.4 Å². The van der Waals surface area contributed by atoms with E-state index in [9.17, 15) is 14.0 Å². The van der Waals surface area contributed by atoms with E-state index < -0.39 is 18.0 Å². The largest absolute Gasteiger partial charge is 0.460 e. The summed E-state index contributed by atoms with van der Waals surface area (Å²) < 4.78 is 24.5. The van der Waals surface area contributed by atoms with Gasteiger partial charge in [-0.3, -0.25) is 0 Å². The number of rotatable bonds is 4. The highest BCUT2D eigenvalue weighted by molar-refractivity contribution is 6.31. The van der Waals surface area contributed by atoms with E-state index in [0.717, 1.165) is 0 Å². The molecular weight excluding hydrogens is 363 g/mol. The standard InChI is InChI=1S/C18H16ClFN2O4/c1-10-9-15(18(24)25-10)26-16(23)8-7-14-11(2)21-22(17(14)19)13-5-3-12(20)4-6-13/h3-8,10,15H,9H2,1-2H3/b8-7+/t10-,15-/m1/s1. The van der Waals surface area contributed by atoms with Gasteiger partial charge in [-0.25, -0.2) is 18.7 Å². The minimum absolute atomic E-state index is 0.269.